The summed E-state index contributed by atoms with van der Waals surface area (Å²) < 4.78 is 4.63. The van der Waals surface area contributed by atoms with Gasteiger partial charge in [-0.1, -0.05) is 6.92 Å². The minimum Gasteiger partial charge on any atom is -0.465 e. The monoisotopic (exact) mass is 236 g/mol. The van der Waals surface area contributed by atoms with Crippen LogP contribution in [0.15, 0.2) is 24.3 Å². The second-order valence-corrected chi connectivity index (χ2v) is 4.13. The van der Waals surface area contributed by atoms with E-state index in [9.17, 15) is 4.79 Å². The maximum atomic E-state index is 11.2. The number of nitrogens with two attached hydrogens (primary N) is 1. The second-order valence-electron chi connectivity index (χ2n) is 4.13. The van der Waals surface area contributed by atoms with Crippen LogP contribution >= 0.6 is 0 Å². The highest BCUT2D eigenvalue weighted by atomic mass is 16.5. The van der Waals surface area contributed by atoms with E-state index in [1.165, 1.54) is 7.11 Å². The summed E-state index contributed by atoms with van der Waals surface area (Å²) >= 11 is 0. The first-order valence-electron chi connectivity index (χ1n) is 5.79. The molecule has 1 rings (SSSR count). The summed E-state index contributed by atoms with van der Waals surface area (Å²) in [5.74, 6) is 0.230. The van der Waals surface area contributed by atoms with Gasteiger partial charge in [0.1, 0.15) is 0 Å². The van der Waals surface area contributed by atoms with Crippen molar-refractivity contribution in [3.63, 3.8) is 0 Å². The summed E-state index contributed by atoms with van der Waals surface area (Å²) in [5.41, 5.74) is 7.05. The third-order valence-corrected chi connectivity index (χ3v) is 2.62. The van der Waals surface area contributed by atoms with E-state index in [-0.39, 0.29) is 5.97 Å². The molecule has 0 aromatic heterocycles. The van der Waals surface area contributed by atoms with Gasteiger partial charge in [0.15, 0.2) is 0 Å². The van der Waals surface area contributed by atoms with Crippen LogP contribution in [-0.4, -0.2) is 26.2 Å². The van der Waals surface area contributed by atoms with Gasteiger partial charge in [-0.3, -0.25) is 0 Å². The Morgan fingerprint density at radius 1 is 1.41 bits per heavy atom. The molecule has 94 valence electrons. The molecule has 0 bridgehead atoms. The van der Waals surface area contributed by atoms with Crippen LogP contribution in [0.3, 0.4) is 0 Å². The lowest BCUT2D eigenvalue weighted by Crippen LogP contribution is -2.15. The van der Waals surface area contributed by atoms with Crippen LogP contribution in [0, 0.1) is 5.92 Å². The Balaban J connectivity index is 2.48. The Morgan fingerprint density at radius 2 is 2.06 bits per heavy atom. The highest BCUT2D eigenvalue weighted by Crippen LogP contribution is 2.11. The molecular formula is C13H20N2O2. The number of hydrogen-bond acceptors (Lipinski definition) is 4. The number of nitrogens with one attached hydrogen (secondary N) is 1. The standard InChI is InChI=1S/C13H20N2O2/c1-10(7-8-14)9-15-12-5-3-11(4-6-12)13(16)17-2/h3-6,10,15H,7-9,14H2,1-2H3. The van der Waals surface area contributed by atoms with E-state index in [0.29, 0.717) is 18.0 Å². The maximum Gasteiger partial charge on any atom is 0.337 e. The maximum absolute atomic E-state index is 11.2. The molecule has 1 aromatic carbocycles. The van der Waals surface area contributed by atoms with Crippen molar-refractivity contribution in [2.45, 2.75) is 13.3 Å². The van der Waals surface area contributed by atoms with Gasteiger partial charge in [-0.05, 0) is 43.1 Å². The molecule has 17 heavy (non-hydrogen) atoms. The quantitative estimate of drug-likeness (QED) is 0.740. The van der Waals surface area contributed by atoms with E-state index in [1.807, 2.05) is 12.1 Å². The predicted octanol–water partition coefficient (Wildman–Crippen LogP) is 1.87. The number of hydrogen-bond donors (Lipinski definition) is 2. The Bertz CT molecular complexity index is 349. The largest absolute Gasteiger partial charge is 0.465 e. The van der Waals surface area contributed by atoms with Gasteiger partial charge in [0.2, 0.25) is 0 Å². The molecular weight excluding hydrogens is 216 g/mol. The van der Waals surface area contributed by atoms with E-state index >= 15 is 0 Å². The van der Waals surface area contributed by atoms with Crippen molar-refractivity contribution in [2.75, 3.05) is 25.5 Å². The van der Waals surface area contributed by atoms with Gasteiger partial charge >= 0.3 is 5.97 Å². The van der Waals surface area contributed by atoms with Gasteiger partial charge < -0.3 is 15.8 Å². The topological polar surface area (TPSA) is 64.3 Å². The molecule has 0 spiro atoms. The SMILES string of the molecule is COC(=O)c1ccc(NCC(C)CCN)cc1. The van der Waals surface area contributed by atoms with Gasteiger partial charge in [0, 0.05) is 12.2 Å². The third kappa shape index (κ3) is 4.44. The zero-order valence-corrected chi connectivity index (χ0v) is 10.4. The Labute approximate surface area is 102 Å². The smallest absolute Gasteiger partial charge is 0.337 e. The van der Waals surface area contributed by atoms with Crippen LogP contribution in [-0.2, 0) is 4.74 Å². The van der Waals surface area contributed by atoms with Crippen LogP contribution in [0.25, 0.3) is 0 Å². The van der Waals surface area contributed by atoms with Crippen LogP contribution in [0.5, 0.6) is 0 Å². The van der Waals surface area contributed by atoms with E-state index in [1.54, 1.807) is 12.1 Å². The number of carbonyl (C=O) groups is 1. The average Bonchev–Trinajstić information content (AvgIpc) is 2.36. The van der Waals surface area contributed by atoms with E-state index < -0.39 is 0 Å². The first-order valence-corrected chi connectivity index (χ1v) is 5.79. The van der Waals surface area contributed by atoms with Crippen molar-refractivity contribution < 1.29 is 9.53 Å². The summed E-state index contributed by atoms with van der Waals surface area (Å²) in [5, 5.41) is 3.31. The molecule has 1 unspecified atom stereocenters. The molecule has 1 aromatic rings. The summed E-state index contributed by atoms with van der Waals surface area (Å²) in [4.78, 5) is 11.2. The Kier molecular flexibility index (Phi) is 5.49. The van der Waals surface area contributed by atoms with Crippen molar-refractivity contribution in [1.82, 2.24) is 0 Å². The van der Waals surface area contributed by atoms with Crippen LogP contribution in [0.2, 0.25) is 0 Å². The third-order valence-electron chi connectivity index (χ3n) is 2.62. The summed E-state index contributed by atoms with van der Waals surface area (Å²) in [6, 6.07) is 7.26. The summed E-state index contributed by atoms with van der Waals surface area (Å²) in [6.07, 6.45) is 1.01. The fraction of sp³-hybridized carbons (Fsp3) is 0.462. The van der Waals surface area contributed by atoms with Gasteiger partial charge in [-0.25, -0.2) is 4.79 Å². The molecule has 0 aliphatic rings. The van der Waals surface area contributed by atoms with Gasteiger partial charge in [0.25, 0.3) is 0 Å². The van der Waals surface area contributed by atoms with E-state index in [2.05, 4.69) is 17.0 Å². The summed E-state index contributed by atoms with van der Waals surface area (Å²) in [6.45, 7) is 3.75. The number of esters is 1. The molecule has 3 N–H and O–H groups in total. The molecule has 4 heteroatoms. The second kappa shape index (κ2) is 6.91. The lowest BCUT2D eigenvalue weighted by molar-refractivity contribution is 0.0601. The van der Waals surface area contributed by atoms with E-state index in [4.69, 9.17) is 5.73 Å². The predicted molar refractivity (Wildman–Crippen MR) is 69.1 cm³/mol. The molecule has 1 atom stereocenters. The molecule has 0 saturated heterocycles. The lowest BCUT2D eigenvalue weighted by atomic mass is 10.1. The van der Waals surface area contributed by atoms with Crippen LogP contribution in [0.1, 0.15) is 23.7 Å². The van der Waals surface area contributed by atoms with Crippen molar-refractivity contribution in [2.24, 2.45) is 11.7 Å². The zero-order valence-electron chi connectivity index (χ0n) is 10.4. The first-order chi connectivity index (χ1) is 8.17. The number of ether oxygens (including phenoxy) is 1. The van der Waals surface area contributed by atoms with Crippen molar-refractivity contribution in [3.8, 4) is 0 Å². The highest BCUT2D eigenvalue weighted by Gasteiger charge is 2.04. The van der Waals surface area contributed by atoms with Crippen molar-refractivity contribution in [3.05, 3.63) is 29.8 Å². The fourth-order valence-electron chi connectivity index (χ4n) is 1.52. The molecule has 0 fully saturated rings. The van der Waals surface area contributed by atoms with Crippen LogP contribution < -0.4 is 11.1 Å². The van der Waals surface area contributed by atoms with Crippen LogP contribution in [0.4, 0.5) is 5.69 Å². The summed E-state index contributed by atoms with van der Waals surface area (Å²) in [7, 11) is 1.38. The molecule has 0 aliphatic heterocycles. The minimum atomic E-state index is -0.312. The van der Waals surface area contributed by atoms with Gasteiger partial charge in [0.05, 0.1) is 12.7 Å². The first kappa shape index (κ1) is 13.5. The highest BCUT2D eigenvalue weighted by molar-refractivity contribution is 5.89. The van der Waals surface area contributed by atoms with Crippen molar-refractivity contribution >= 4 is 11.7 Å². The van der Waals surface area contributed by atoms with Gasteiger partial charge in [-0.2, -0.15) is 0 Å². The average molecular weight is 236 g/mol. The molecule has 0 radical (unpaired) electrons. The number of rotatable bonds is 6. The normalized spacial score (nSPS) is 11.9. The van der Waals surface area contributed by atoms with Crippen molar-refractivity contribution in [1.29, 1.82) is 0 Å². The van der Waals surface area contributed by atoms with Gasteiger partial charge in [-0.15, -0.1) is 0 Å². The molecule has 0 saturated carbocycles. The minimum absolute atomic E-state index is 0.312. The molecule has 0 aliphatic carbocycles. The zero-order chi connectivity index (χ0) is 12.7. The molecule has 0 amide bonds. The number of benzene rings is 1. The number of methoxy groups -OCH3 is 1. The number of anilines is 1. The fourth-order valence-corrected chi connectivity index (χ4v) is 1.52. The Hall–Kier alpha value is -1.55. The molecule has 0 heterocycles. The Morgan fingerprint density at radius 3 is 2.59 bits per heavy atom. The van der Waals surface area contributed by atoms with E-state index in [0.717, 1.165) is 18.7 Å². The number of carbonyl (C=O) groups excluding carboxylic acids is 1. The molecule has 4 nitrogen and oxygen atoms in total. The lowest BCUT2D eigenvalue weighted by Gasteiger charge is -2.12.